The van der Waals surface area contributed by atoms with E-state index in [1.807, 2.05) is 20.8 Å². The molecular weight excluding hydrogens is 226 g/mol. The summed E-state index contributed by atoms with van der Waals surface area (Å²) >= 11 is 1.70. The summed E-state index contributed by atoms with van der Waals surface area (Å²) in [7, 11) is 0. The molecule has 1 aliphatic heterocycles. The first kappa shape index (κ1) is 11.6. The van der Waals surface area contributed by atoms with Crippen LogP contribution in [-0.2, 0) is 5.41 Å². The molecule has 6 heteroatoms. The molecule has 2 rings (SSSR count). The highest BCUT2D eigenvalue weighted by Crippen LogP contribution is 2.21. The Balaban J connectivity index is 2.15. The molecule has 0 bridgehead atoms. The van der Waals surface area contributed by atoms with Crippen LogP contribution in [-0.4, -0.2) is 33.7 Å². The van der Waals surface area contributed by atoms with Crippen molar-refractivity contribution < 1.29 is 9.21 Å². The molecule has 1 aromatic heterocycles. The Kier molecular flexibility index (Phi) is 3.03. The first-order valence-corrected chi connectivity index (χ1v) is 6.33. The van der Waals surface area contributed by atoms with Crippen molar-refractivity contribution >= 4 is 17.5 Å². The van der Waals surface area contributed by atoms with Crippen LogP contribution in [0.5, 0.6) is 0 Å². The molecule has 0 saturated carbocycles. The zero-order chi connectivity index (χ0) is 11.8. The van der Waals surface area contributed by atoms with Gasteiger partial charge in [0, 0.05) is 17.0 Å². The molecular formula is C10H15N3O2S. The number of Topliss-reactive ketones (excluding diaryl/α,β-unsaturated/α-hetero) is 1. The predicted molar refractivity (Wildman–Crippen MR) is 61.6 cm³/mol. The number of aromatic nitrogens is 2. The number of hydrogen-bond acceptors (Lipinski definition) is 6. The highest BCUT2D eigenvalue weighted by molar-refractivity contribution is 7.99. The maximum absolute atomic E-state index is 11.9. The number of carbonyl (C=O) groups is 1. The van der Waals surface area contributed by atoms with Gasteiger partial charge in [-0.15, -0.1) is 22.0 Å². The minimum atomic E-state index is -0.219. The van der Waals surface area contributed by atoms with Crippen LogP contribution in [0, 0.1) is 0 Å². The molecule has 2 heterocycles. The van der Waals surface area contributed by atoms with Crippen molar-refractivity contribution in [1.82, 2.24) is 15.5 Å². The summed E-state index contributed by atoms with van der Waals surface area (Å²) in [6, 6.07) is -0.182. The van der Waals surface area contributed by atoms with Crippen molar-refractivity contribution in [3.05, 3.63) is 11.8 Å². The Labute approximate surface area is 98.4 Å². The first-order chi connectivity index (χ1) is 7.48. The summed E-state index contributed by atoms with van der Waals surface area (Å²) in [6.45, 7) is 5.91. The molecule has 0 spiro atoms. The molecule has 1 atom stereocenters. The van der Waals surface area contributed by atoms with Gasteiger partial charge in [-0.2, -0.15) is 0 Å². The van der Waals surface area contributed by atoms with Gasteiger partial charge in [-0.05, 0) is 0 Å². The normalized spacial score (nSPS) is 21.3. The molecule has 0 aromatic carbocycles. The molecule has 0 radical (unpaired) electrons. The van der Waals surface area contributed by atoms with Gasteiger partial charge in [0.15, 0.2) is 0 Å². The second kappa shape index (κ2) is 4.18. The van der Waals surface area contributed by atoms with Crippen molar-refractivity contribution in [2.45, 2.75) is 32.2 Å². The van der Waals surface area contributed by atoms with E-state index in [-0.39, 0.29) is 23.1 Å². The predicted octanol–water partition coefficient (Wildman–Crippen LogP) is 1.21. The van der Waals surface area contributed by atoms with Gasteiger partial charge in [-0.3, -0.25) is 10.1 Å². The number of nitrogens with zero attached hydrogens (tertiary/aromatic N) is 2. The molecule has 88 valence electrons. The lowest BCUT2D eigenvalue weighted by Crippen LogP contribution is -2.33. The minimum Gasteiger partial charge on any atom is -0.418 e. The van der Waals surface area contributed by atoms with Crippen molar-refractivity contribution in [1.29, 1.82) is 0 Å². The molecule has 1 aliphatic rings. The standard InChI is InChI=1S/C10H15N3O2S/c1-10(2,3)9-13-12-8(15-9)7(14)6-4-16-5-11-6/h6,11H,4-5H2,1-3H3. The quantitative estimate of drug-likeness (QED) is 0.785. The van der Waals surface area contributed by atoms with E-state index in [2.05, 4.69) is 15.5 Å². The molecule has 1 N–H and O–H groups in total. The van der Waals surface area contributed by atoms with Crippen LogP contribution >= 0.6 is 11.8 Å². The summed E-state index contributed by atoms with van der Waals surface area (Å²) in [5.41, 5.74) is -0.219. The third kappa shape index (κ3) is 2.27. The zero-order valence-corrected chi connectivity index (χ0v) is 10.4. The molecule has 1 fully saturated rings. The van der Waals surface area contributed by atoms with E-state index in [9.17, 15) is 4.79 Å². The van der Waals surface area contributed by atoms with Gasteiger partial charge < -0.3 is 4.42 Å². The first-order valence-electron chi connectivity index (χ1n) is 5.18. The monoisotopic (exact) mass is 241 g/mol. The maximum Gasteiger partial charge on any atom is 0.285 e. The van der Waals surface area contributed by atoms with E-state index in [0.29, 0.717) is 5.89 Å². The van der Waals surface area contributed by atoms with Gasteiger partial charge in [0.1, 0.15) is 0 Å². The maximum atomic E-state index is 11.9. The number of nitrogens with one attached hydrogen (secondary N) is 1. The zero-order valence-electron chi connectivity index (χ0n) is 9.61. The van der Waals surface area contributed by atoms with E-state index < -0.39 is 0 Å². The lowest BCUT2D eigenvalue weighted by Gasteiger charge is -2.11. The number of ketones is 1. The number of carbonyl (C=O) groups excluding carboxylic acids is 1. The van der Waals surface area contributed by atoms with E-state index in [1.165, 1.54) is 0 Å². The average molecular weight is 241 g/mol. The van der Waals surface area contributed by atoms with Crippen molar-refractivity contribution in [3.63, 3.8) is 0 Å². The van der Waals surface area contributed by atoms with Crippen LogP contribution in [0.25, 0.3) is 0 Å². The van der Waals surface area contributed by atoms with E-state index in [1.54, 1.807) is 11.8 Å². The fourth-order valence-corrected chi connectivity index (χ4v) is 2.28. The summed E-state index contributed by atoms with van der Waals surface area (Å²) in [5, 5.41) is 10.8. The molecule has 1 saturated heterocycles. The largest absolute Gasteiger partial charge is 0.418 e. The molecule has 5 nitrogen and oxygen atoms in total. The van der Waals surface area contributed by atoms with Crippen LogP contribution in [0.15, 0.2) is 4.42 Å². The van der Waals surface area contributed by atoms with Crippen LogP contribution < -0.4 is 5.32 Å². The van der Waals surface area contributed by atoms with Gasteiger partial charge in [-0.1, -0.05) is 20.8 Å². The number of rotatable bonds is 2. The van der Waals surface area contributed by atoms with Crippen molar-refractivity contribution in [2.24, 2.45) is 0 Å². The SMILES string of the molecule is CC(C)(C)c1nnc(C(=O)C2CSCN2)o1. The summed E-state index contributed by atoms with van der Waals surface area (Å²) in [5.74, 6) is 2.09. The third-order valence-electron chi connectivity index (χ3n) is 2.31. The fourth-order valence-electron chi connectivity index (χ4n) is 1.34. The number of thioether (sulfide) groups is 1. The summed E-state index contributed by atoms with van der Waals surface area (Å²) < 4.78 is 5.40. The molecule has 0 aliphatic carbocycles. The lowest BCUT2D eigenvalue weighted by molar-refractivity contribution is 0.0921. The van der Waals surface area contributed by atoms with Gasteiger partial charge in [0.2, 0.25) is 11.7 Å². The van der Waals surface area contributed by atoms with Gasteiger partial charge in [0.25, 0.3) is 5.89 Å². The second-order valence-electron chi connectivity index (χ2n) is 4.80. The van der Waals surface area contributed by atoms with E-state index >= 15 is 0 Å². The van der Waals surface area contributed by atoms with Crippen molar-refractivity contribution in [3.8, 4) is 0 Å². The average Bonchev–Trinajstić information content (AvgIpc) is 2.87. The van der Waals surface area contributed by atoms with Crippen LogP contribution in [0.3, 0.4) is 0 Å². The van der Waals surface area contributed by atoms with E-state index in [4.69, 9.17) is 4.42 Å². The topological polar surface area (TPSA) is 68.0 Å². The van der Waals surface area contributed by atoms with Gasteiger partial charge in [0.05, 0.1) is 6.04 Å². The molecule has 0 amide bonds. The second-order valence-corrected chi connectivity index (χ2v) is 5.83. The van der Waals surface area contributed by atoms with Crippen LogP contribution in [0.4, 0.5) is 0 Å². The Hall–Kier alpha value is -0.880. The Morgan fingerprint density at radius 1 is 1.50 bits per heavy atom. The third-order valence-corrected chi connectivity index (χ3v) is 3.25. The lowest BCUT2D eigenvalue weighted by atomic mass is 9.97. The molecule has 1 unspecified atom stereocenters. The molecule has 16 heavy (non-hydrogen) atoms. The Morgan fingerprint density at radius 3 is 2.75 bits per heavy atom. The number of hydrogen-bond donors (Lipinski definition) is 1. The summed E-state index contributed by atoms with van der Waals surface area (Å²) in [4.78, 5) is 11.9. The Morgan fingerprint density at radius 2 is 2.25 bits per heavy atom. The smallest absolute Gasteiger partial charge is 0.285 e. The van der Waals surface area contributed by atoms with Gasteiger partial charge >= 0.3 is 0 Å². The van der Waals surface area contributed by atoms with Crippen LogP contribution in [0.1, 0.15) is 37.3 Å². The van der Waals surface area contributed by atoms with E-state index in [0.717, 1.165) is 11.6 Å². The minimum absolute atomic E-state index is 0.104. The Bertz CT molecular complexity index is 391. The van der Waals surface area contributed by atoms with Crippen LogP contribution in [0.2, 0.25) is 0 Å². The summed E-state index contributed by atoms with van der Waals surface area (Å²) in [6.07, 6.45) is 0. The fraction of sp³-hybridized carbons (Fsp3) is 0.700. The van der Waals surface area contributed by atoms with Gasteiger partial charge in [-0.25, -0.2) is 0 Å². The highest BCUT2D eigenvalue weighted by atomic mass is 32.2. The highest BCUT2D eigenvalue weighted by Gasteiger charge is 2.30. The van der Waals surface area contributed by atoms with Crippen molar-refractivity contribution in [2.75, 3.05) is 11.6 Å². The molecule has 1 aromatic rings.